The second kappa shape index (κ2) is 6.88. The Morgan fingerprint density at radius 2 is 2.15 bits per heavy atom. The molecule has 1 heterocycles. The third-order valence-corrected chi connectivity index (χ3v) is 3.62. The number of alkyl halides is 1. The molecule has 0 unspecified atom stereocenters. The van der Waals surface area contributed by atoms with Gasteiger partial charge in [0.1, 0.15) is 18.7 Å². The van der Waals surface area contributed by atoms with Crippen LogP contribution in [0.15, 0.2) is 24.5 Å². The normalized spacial score (nSPS) is 11.1. The number of rotatable bonds is 6. The number of aryl methyl sites for hydroxylation is 1. The van der Waals surface area contributed by atoms with Gasteiger partial charge in [-0.15, -0.1) is 0 Å². The summed E-state index contributed by atoms with van der Waals surface area (Å²) < 4.78 is 7.89. The minimum atomic E-state index is 0.442. The van der Waals surface area contributed by atoms with Gasteiger partial charge in [-0.05, 0) is 18.4 Å². The standard InChI is InChI=1S/C15H20BrN3O/c1-11(2)8-19-14(17-10-18-19)9-20-15-12(3)5-4-6-13(15)7-16/h4-6,10-11H,7-9H2,1-3H3. The number of hydrogen-bond donors (Lipinski definition) is 0. The van der Waals surface area contributed by atoms with E-state index in [4.69, 9.17) is 4.74 Å². The van der Waals surface area contributed by atoms with Crippen molar-refractivity contribution >= 4 is 15.9 Å². The fourth-order valence-corrected chi connectivity index (χ4v) is 2.50. The molecule has 0 amide bonds. The summed E-state index contributed by atoms with van der Waals surface area (Å²) in [5, 5.41) is 5.03. The molecule has 4 nitrogen and oxygen atoms in total. The summed E-state index contributed by atoms with van der Waals surface area (Å²) in [5.41, 5.74) is 2.29. The predicted octanol–water partition coefficient (Wildman–Crippen LogP) is 3.72. The first-order valence-electron chi connectivity index (χ1n) is 6.75. The Morgan fingerprint density at radius 1 is 1.35 bits per heavy atom. The SMILES string of the molecule is Cc1cccc(CBr)c1OCc1ncnn1CC(C)C. The first-order valence-corrected chi connectivity index (χ1v) is 7.88. The van der Waals surface area contributed by atoms with Crippen molar-refractivity contribution in [2.45, 2.75) is 39.3 Å². The van der Waals surface area contributed by atoms with Gasteiger partial charge in [-0.3, -0.25) is 0 Å². The molecule has 5 heteroatoms. The lowest BCUT2D eigenvalue weighted by Gasteiger charge is -2.13. The van der Waals surface area contributed by atoms with Gasteiger partial charge < -0.3 is 4.74 Å². The highest BCUT2D eigenvalue weighted by molar-refractivity contribution is 9.08. The van der Waals surface area contributed by atoms with Crippen LogP contribution >= 0.6 is 15.9 Å². The quantitative estimate of drug-likeness (QED) is 0.754. The molecule has 0 N–H and O–H groups in total. The highest BCUT2D eigenvalue weighted by atomic mass is 79.9. The monoisotopic (exact) mass is 337 g/mol. The van der Waals surface area contributed by atoms with Gasteiger partial charge in [0.2, 0.25) is 0 Å². The van der Waals surface area contributed by atoms with Crippen molar-refractivity contribution in [1.82, 2.24) is 14.8 Å². The van der Waals surface area contributed by atoms with Crippen LogP contribution in [0.2, 0.25) is 0 Å². The van der Waals surface area contributed by atoms with Gasteiger partial charge in [-0.1, -0.05) is 48.0 Å². The Kier molecular flexibility index (Phi) is 5.17. The Morgan fingerprint density at radius 3 is 2.85 bits per heavy atom. The Bertz CT molecular complexity index is 566. The summed E-state index contributed by atoms with van der Waals surface area (Å²) in [6, 6.07) is 6.16. The van der Waals surface area contributed by atoms with E-state index in [-0.39, 0.29) is 0 Å². The minimum absolute atomic E-state index is 0.442. The molecule has 0 bridgehead atoms. The van der Waals surface area contributed by atoms with Crippen molar-refractivity contribution in [3.63, 3.8) is 0 Å². The highest BCUT2D eigenvalue weighted by Gasteiger charge is 2.10. The molecular formula is C15H20BrN3O. The number of halogens is 1. The van der Waals surface area contributed by atoms with Crippen LogP contribution in [-0.4, -0.2) is 14.8 Å². The molecule has 0 radical (unpaired) electrons. The molecule has 0 saturated carbocycles. The van der Waals surface area contributed by atoms with Gasteiger partial charge >= 0.3 is 0 Å². The zero-order chi connectivity index (χ0) is 14.5. The van der Waals surface area contributed by atoms with Gasteiger partial charge in [0, 0.05) is 17.4 Å². The van der Waals surface area contributed by atoms with Gasteiger partial charge in [0.25, 0.3) is 0 Å². The molecule has 2 aromatic rings. The highest BCUT2D eigenvalue weighted by Crippen LogP contribution is 2.26. The van der Waals surface area contributed by atoms with Crippen LogP contribution in [0.5, 0.6) is 5.75 Å². The smallest absolute Gasteiger partial charge is 0.164 e. The van der Waals surface area contributed by atoms with Crippen LogP contribution < -0.4 is 4.74 Å². The van der Waals surface area contributed by atoms with Crippen LogP contribution in [0.4, 0.5) is 0 Å². The molecule has 2 rings (SSSR count). The topological polar surface area (TPSA) is 39.9 Å². The average Bonchev–Trinajstić information content (AvgIpc) is 2.83. The van der Waals surface area contributed by atoms with Crippen molar-refractivity contribution in [2.24, 2.45) is 5.92 Å². The summed E-state index contributed by atoms with van der Waals surface area (Å²) in [7, 11) is 0. The fraction of sp³-hybridized carbons (Fsp3) is 0.467. The summed E-state index contributed by atoms with van der Waals surface area (Å²) in [6.45, 7) is 7.68. The summed E-state index contributed by atoms with van der Waals surface area (Å²) in [6.07, 6.45) is 1.59. The summed E-state index contributed by atoms with van der Waals surface area (Å²) in [5.74, 6) is 2.33. The van der Waals surface area contributed by atoms with Crippen molar-refractivity contribution < 1.29 is 4.74 Å². The van der Waals surface area contributed by atoms with E-state index in [0.717, 1.165) is 34.6 Å². The number of nitrogens with zero attached hydrogens (tertiary/aromatic N) is 3. The van der Waals surface area contributed by atoms with E-state index < -0.39 is 0 Å². The number of benzene rings is 1. The average molecular weight is 338 g/mol. The number of para-hydroxylation sites is 1. The van der Waals surface area contributed by atoms with Crippen LogP contribution in [-0.2, 0) is 18.5 Å². The van der Waals surface area contributed by atoms with E-state index in [1.54, 1.807) is 6.33 Å². The first-order chi connectivity index (χ1) is 9.61. The van der Waals surface area contributed by atoms with E-state index in [9.17, 15) is 0 Å². The molecule has 0 fully saturated rings. The van der Waals surface area contributed by atoms with Crippen molar-refractivity contribution in [2.75, 3.05) is 0 Å². The van der Waals surface area contributed by atoms with E-state index in [1.807, 2.05) is 10.7 Å². The lowest BCUT2D eigenvalue weighted by molar-refractivity contribution is 0.279. The van der Waals surface area contributed by atoms with Crippen molar-refractivity contribution in [1.29, 1.82) is 0 Å². The Hall–Kier alpha value is -1.36. The van der Waals surface area contributed by atoms with E-state index in [2.05, 4.69) is 58.9 Å². The maximum Gasteiger partial charge on any atom is 0.164 e. The summed E-state index contributed by atoms with van der Waals surface area (Å²) >= 11 is 3.50. The van der Waals surface area contributed by atoms with Gasteiger partial charge in [-0.25, -0.2) is 9.67 Å². The maximum absolute atomic E-state index is 5.97. The van der Waals surface area contributed by atoms with E-state index >= 15 is 0 Å². The second-order valence-corrected chi connectivity index (χ2v) is 5.80. The van der Waals surface area contributed by atoms with E-state index in [1.165, 1.54) is 0 Å². The van der Waals surface area contributed by atoms with E-state index in [0.29, 0.717) is 12.5 Å². The molecule has 0 saturated heterocycles. The molecule has 108 valence electrons. The predicted molar refractivity (Wildman–Crippen MR) is 83.0 cm³/mol. The number of hydrogen-bond acceptors (Lipinski definition) is 3. The van der Waals surface area contributed by atoms with Crippen LogP contribution in [0.3, 0.4) is 0 Å². The molecule has 20 heavy (non-hydrogen) atoms. The molecule has 1 aromatic carbocycles. The van der Waals surface area contributed by atoms with Crippen molar-refractivity contribution in [3.8, 4) is 5.75 Å². The Balaban J connectivity index is 2.11. The fourth-order valence-electron chi connectivity index (χ4n) is 2.06. The lowest BCUT2D eigenvalue weighted by atomic mass is 10.1. The Labute approximate surface area is 128 Å². The molecule has 0 aliphatic carbocycles. The van der Waals surface area contributed by atoms with Gasteiger partial charge in [0.15, 0.2) is 5.82 Å². The summed E-state index contributed by atoms with van der Waals surface area (Å²) in [4.78, 5) is 4.28. The minimum Gasteiger partial charge on any atom is -0.485 e. The third kappa shape index (κ3) is 3.60. The van der Waals surface area contributed by atoms with Crippen LogP contribution in [0, 0.1) is 12.8 Å². The largest absolute Gasteiger partial charge is 0.485 e. The molecular weight excluding hydrogens is 318 g/mol. The molecule has 0 aliphatic heterocycles. The maximum atomic E-state index is 5.97. The molecule has 0 spiro atoms. The van der Waals surface area contributed by atoms with Gasteiger partial charge in [-0.2, -0.15) is 5.10 Å². The van der Waals surface area contributed by atoms with Crippen LogP contribution in [0.1, 0.15) is 30.8 Å². The zero-order valence-electron chi connectivity index (χ0n) is 12.1. The van der Waals surface area contributed by atoms with Crippen LogP contribution in [0.25, 0.3) is 0 Å². The zero-order valence-corrected chi connectivity index (χ0v) is 13.7. The molecule has 0 atom stereocenters. The molecule has 1 aromatic heterocycles. The number of aromatic nitrogens is 3. The molecule has 0 aliphatic rings. The second-order valence-electron chi connectivity index (χ2n) is 5.24. The number of ether oxygens (including phenoxy) is 1. The van der Waals surface area contributed by atoms with Crippen molar-refractivity contribution in [3.05, 3.63) is 41.5 Å². The first kappa shape index (κ1) is 15.0. The lowest BCUT2D eigenvalue weighted by Crippen LogP contribution is -2.12. The third-order valence-electron chi connectivity index (χ3n) is 3.02. The van der Waals surface area contributed by atoms with Gasteiger partial charge in [0.05, 0.1) is 0 Å².